The number of nitrogens with zero attached hydrogens (tertiary/aromatic N) is 6. The number of fused-ring (bicyclic) bond motifs is 1. The zero-order valence-corrected chi connectivity index (χ0v) is 18.3. The molecule has 0 saturated carbocycles. The van der Waals surface area contributed by atoms with Crippen LogP contribution in [0.25, 0.3) is 16.6 Å². The fraction of sp³-hybridized carbons (Fsp3) is 0.348. The lowest BCUT2D eigenvalue weighted by molar-refractivity contribution is 0.176. The summed E-state index contributed by atoms with van der Waals surface area (Å²) < 4.78 is 0. The van der Waals surface area contributed by atoms with Gasteiger partial charge in [-0.25, -0.2) is 9.78 Å². The first-order valence-corrected chi connectivity index (χ1v) is 10.4. The van der Waals surface area contributed by atoms with Crippen LogP contribution in [0.15, 0.2) is 42.7 Å². The average molecular weight is 418 g/mol. The van der Waals surface area contributed by atoms with Crippen LogP contribution < -0.4 is 5.32 Å². The lowest BCUT2D eigenvalue weighted by Gasteiger charge is -2.29. The van der Waals surface area contributed by atoms with E-state index in [0.717, 1.165) is 28.6 Å². The number of hydrogen-bond acceptors (Lipinski definition) is 6. The molecule has 1 aliphatic heterocycles. The molecule has 3 aromatic rings. The highest BCUT2D eigenvalue weighted by atomic mass is 16.2. The van der Waals surface area contributed by atoms with Gasteiger partial charge in [0.2, 0.25) is 0 Å². The van der Waals surface area contributed by atoms with Crippen LogP contribution in [0.3, 0.4) is 0 Å². The van der Waals surface area contributed by atoms with Gasteiger partial charge in [0, 0.05) is 33.4 Å². The van der Waals surface area contributed by atoms with Gasteiger partial charge in [-0.05, 0) is 53.3 Å². The van der Waals surface area contributed by atoms with Crippen molar-refractivity contribution in [1.82, 2.24) is 30.0 Å². The quantitative estimate of drug-likeness (QED) is 0.689. The Morgan fingerprint density at radius 1 is 1.13 bits per heavy atom. The van der Waals surface area contributed by atoms with E-state index >= 15 is 0 Å². The molecule has 3 aromatic heterocycles. The van der Waals surface area contributed by atoms with E-state index in [9.17, 15) is 4.79 Å². The summed E-state index contributed by atoms with van der Waals surface area (Å²) in [5, 5.41) is 11.5. The molecule has 0 unspecified atom stereocenters. The van der Waals surface area contributed by atoms with E-state index in [2.05, 4.69) is 46.5 Å². The summed E-state index contributed by atoms with van der Waals surface area (Å²) in [6, 6.07) is 7.92. The Hall–Kier alpha value is -3.55. The summed E-state index contributed by atoms with van der Waals surface area (Å²) in [6.45, 7) is 5.54. The molecule has 4 rings (SSSR count). The Balaban J connectivity index is 1.55. The standard InChI is InChI=1S/C23H27N7O/c1-15(2)17-12-22(28-25-14-17)27-21-6-5-19-20(26-21)11-18(13-24-19)16-7-9-30(10-8-16)23(31)29(3)4/h5-7,11-15H,8-10H2,1-4H3,(H,26,27,28). The van der Waals surface area contributed by atoms with Crippen molar-refractivity contribution < 1.29 is 4.79 Å². The minimum absolute atomic E-state index is 0.0361. The second-order valence-corrected chi connectivity index (χ2v) is 8.21. The number of pyridine rings is 2. The largest absolute Gasteiger partial charge is 0.331 e. The monoisotopic (exact) mass is 417 g/mol. The van der Waals surface area contributed by atoms with E-state index in [4.69, 9.17) is 4.98 Å². The van der Waals surface area contributed by atoms with Crippen molar-refractivity contribution in [3.8, 4) is 0 Å². The van der Waals surface area contributed by atoms with Crippen molar-refractivity contribution in [2.24, 2.45) is 0 Å². The number of aromatic nitrogens is 4. The third-order valence-corrected chi connectivity index (χ3v) is 5.37. The van der Waals surface area contributed by atoms with Crippen molar-refractivity contribution in [3.05, 3.63) is 53.9 Å². The Bertz CT molecular complexity index is 1140. The van der Waals surface area contributed by atoms with Gasteiger partial charge >= 0.3 is 6.03 Å². The molecular formula is C23H27N7O. The zero-order valence-electron chi connectivity index (χ0n) is 18.3. The molecule has 1 aliphatic rings. The van der Waals surface area contributed by atoms with Crippen LogP contribution in [0, 0.1) is 0 Å². The molecule has 0 fully saturated rings. The van der Waals surface area contributed by atoms with Crippen LogP contribution in [0.4, 0.5) is 16.4 Å². The molecule has 0 aliphatic carbocycles. The van der Waals surface area contributed by atoms with E-state index in [1.54, 1.807) is 25.2 Å². The Morgan fingerprint density at radius 2 is 1.97 bits per heavy atom. The molecule has 4 heterocycles. The van der Waals surface area contributed by atoms with Gasteiger partial charge in [0.25, 0.3) is 0 Å². The van der Waals surface area contributed by atoms with Crippen LogP contribution in [-0.2, 0) is 0 Å². The van der Waals surface area contributed by atoms with Crippen molar-refractivity contribution in [2.45, 2.75) is 26.2 Å². The zero-order chi connectivity index (χ0) is 22.0. The van der Waals surface area contributed by atoms with E-state index in [0.29, 0.717) is 30.6 Å². The molecule has 31 heavy (non-hydrogen) atoms. The van der Waals surface area contributed by atoms with Crippen molar-refractivity contribution in [3.63, 3.8) is 0 Å². The second-order valence-electron chi connectivity index (χ2n) is 8.21. The molecular weight excluding hydrogens is 390 g/mol. The average Bonchev–Trinajstić information content (AvgIpc) is 2.78. The van der Waals surface area contributed by atoms with Crippen molar-refractivity contribution in [1.29, 1.82) is 0 Å². The van der Waals surface area contributed by atoms with Crippen LogP contribution in [0.2, 0.25) is 0 Å². The van der Waals surface area contributed by atoms with E-state index < -0.39 is 0 Å². The second kappa shape index (κ2) is 8.67. The van der Waals surface area contributed by atoms with Gasteiger partial charge in [0.1, 0.15) is 5.82 Å². The van der Waals surface area contributed by atoms with Crippen LogP contribution >= 0.6 is 0 Å². The lowest BCUT2D eigenvalue weighted by Crippen LogP contribution is -2.41. The molecule has 8 heteroatoms. The predicted molar refractivity (Wildman–Crippen MR) is 122 cm³/mol. The first-order chi connectivity index (χ1) is 14.9. The van der Waals surface area contributed by atoms with E-state index in [1.807, 2.05) is 29.3 Å². The van der Waals surface area contributed by atoms with Gasteiger partial charge in [0.05, 0.1) is 17.2 Å². The normalized spacial score (nSPS) is 14.0. The molecule has 0 aromatic carbocycles. The number of rotatable bonds is 4. The summed E-state index contributed by atoms with van der Waals surface area (Å²) in [4.78, 5) is 24.9. The molecule has 0 bridgehead atoms. The maximum Gasteiger partial charge on any atom is 0.319 e. The van der Waals surface area contributed by atoms with E-state index in [1.165, 1.54) is 5.57 Å². The molecule has 1 N–H and O–H groups in total. The van der Waals surface area contributed by atoms with Crippen LogP contribution in [0.1, 0.15) is 37.3 Å². The first kappa shape index (κ1) is 20.7. The number of amides is 2. The summed E-state index contributed by atoms with van der Waals surface area (Å²) in [6.07, 6.45) is 6.56. The van der Waals surface area contributed by atoms with Gasteiger partial charge in [0.15, 0.2) is 5.82 Å². The number of urea groups is 1. The summed E-state index contributed by atoms with van der Waals surface area (Å²) in [5.74, 6) is 1.74. The Kier molecular flexibility index (Phi) is 5.79. The minimum atomic E-state index is 0.0361. The third-order valence-electron chi connectivity index (χ3n) is 5.37. The van der Waals surface area contributed by atoms with Gasteiger partial charge in [-0.3, -0.25) is 4.98 Å². The molecule has 2 amide bonds. The Labute approximate surface area is 182 Å². The van der Waals surface area contributed by atoms with Gasteiger partial charge in [-0.2, -0.15) is 5.10 Å². The first-order valence-electron chi connectivity index (χ1n) is 10.4. The summed E-state index contributed by atoms with van der Waals surface area (Å²) in [5.41, 5.74) is 4.98. The minimum Gasteiger partial charge on any atom is -0.331 e. The molecule has 8 nitrogen and oxygen atoms in total. The predicted octanol–water partition coefficient (Wildman–Crippen LogP) is 4.06. The highest BCUT2D eigenvalue weighted by Gasteiger charge is 2.19. The molecule has 0 spiro atoms. The number of carbonyl (C=O) groups is 1. The van der Waals surface area contributed by atoms with E-state index in [-0.39, 0.29) is 6.03 Å². The SMILES string of the molecule is CC(C)c1cnnc(Nc2ccc3ncc(C4=CCN(C(=O)N(C)C)CC4)cc3n2)c1. The maximum absolute atomic E-state index is 12.1. The molecule has 0 radical (unpaired) electrons. The van der Waals surface area contributed by atoms with Crippen molar-refractivity contribution in [2.75, 3.05) is 32.5 Å². The smallest absolute Gasteiger partial charge is 0.319 e. The molecule has 0 saturated heterocycles. The fourth-order valence-electron chi connectivity index (χ4n) is 3.53. The summed E-state index contributed by atoms with van der Waals surface area (Å²) in [7, 11) is 3.55. The third kappa shape index (κ3) is 4.63. The summed E-state index contributed by atoms with van der Waals surface area (Å²) >= 11 is 0. The van der Waals surface area contributed by atoms with Crippen molar-refractivity contribution >= 4 is 34.3 Å². The van der Waals surface area contributed by atoms with Crippen LogP contribution in [-0.4, -0.2) is 63.2 Å². The number of anilines is 2. The number of nitrogens with one attached hydrogen (secondary N) is 1. The molecule has 0 atom stereocenters. The highest BCUT2D eigenvalue weighted by Crippen LogP contribution is 2.25. The van der Waals surface area contributed by atoms with Gasteiger partial charge < -0.3 is 15.1 Å². The topological polar surface area (TPSA) is 87.1 Å². The lowest BCUT2D eigenvalue weighted by atomic mass is 10.0. The van der Waals surface area contributed by atoms with Gasteiger partial charge in [-0.1, -0.05) is 19.9 Å². The highest BCUT2D eigenvalue weighted by molar-refractivity contribution is 5.82. The maximum atomic E-state index is 12.1. The van der Waals surface area contributed by atoms with Gasteiger partial charge in [-0.15, -0.1) is 5.10 Å². The number of hydrogen-bond donors (Lipinski definition) is 1. The Morgan fingerprint density at radius 3 is 2.68 bits per heavy atom. The fourth-order valence-corrected chi connectivity index (χ4v) is 3.53. The van der Waals surface area contributed by atoms with Crippen LogP contribution in [0.5, 0.6) is 0 Å². The molecule has 160 valence electrons. The number of carbonyl (C=O) groups excluding carboxylic acids is 1.